The van der Waals surface area contributed by atoms with Crippen LogP contribution in [0.15, 0.2) is 45.8 Å². The summed E-state index contributed by atoms with van der Waals surface area (Å²) in [6.07, 6.45) is 1.75. The van der Waals surface area contributed by atoms with E-state index in [1.165, 1.54) is 11.8 Å². The lowest BCUT2D eigenvalue weighted by atomic mass is 10.1. The SMILES string of the molecule is CCOc1cc(/C=C2/SC(=S)N(c3ccccc3C)C2=O)c(Br)cc1O. The van der Waals surface area contributed by atoms with E-state index in [4.69, 9.17) is 17.0 Å². The third-order valence-corrected chi connectivity index (χ3v) is 5.80. The first kappa shape index (κ1) is 18.9. The second kappa shape index (κ2) is 7.82. The van der Waals surface area contributed by atoms with Gasteiger partial charge in [-0.2, -0.15) is 0 Å². The van der Waals surface area contributed by atoms with Gasteiger partial charge in [-0.25, -0.2) is 0 Å². The molecule has 2 aromatic rings. The minimum Gasteiger partial charge on any atom is -0.504 e. The first-order chi connectivity index (χ1) is 12.4. The molecule has 1 saturated heterocycles. The fraction of sp³-hybridized carbons (Fsp3) is 0.158. The highest BCUT2D eigenvalue weighted by Crippen LogP contribution is 2.39. The molecule has 2 aromatic carbocycles. The lowest BCUT2D eigenvalue weighted by molar-refractivity contribution is -0.113. The van der Waals surface area contributed by atoms with Crippen LogP contribution in [0.25, 0.3) is 6.08 Å². The van der Waals surface area contributed by atoms with Crippen molar-refractivity contribution in [1.82, 2.24) is 0 Å². The molecule has 4 nitrogen and oxygen atoms in total. The summed E-state index contributed by atoms with van der Waals surface area (Å²) in [5, 5.41) is 9.95. The minimum absolute atomic E-state index is 0.0448. The maximum Gasteiger partial charge on any atom is 0.270 e. The number of phenolic OH excluding ortho intramolecular Hbond substituents is 1. The normalized spacial score (nSPS) is 15.8. The van der Waals surface area contributed by atoms with Crippen molar-refractivity contribution in [2.75, 3.05) is 11.5 Å². The number of anilines is 1. The molecule has 1 fully saturated rings. The number of thiocarbonyl (C=S) groups is 1. The van der Waals surface area contributed by atoms with E-state index >= 15 is 0 Å². The zero-order chi connectivity index (χ0) is 18.8. The van der Waals surface area contributed by atoms with Crippen molar-refractivity contribution in [1.29, 1.82) is 0 Å². The van der Waals surface area contributed by atoms with E-state index < -0.39 is 0 Å². The number of rotatable bonds is 4. The second-order valence-electron chi connectivity index (χ2n) is 5.58. The molecule has 134 valence electrons. The van der Waals surface area contributed by atoms with E-state index in [0.717, 1.165) is 16.8 Å². The predicted octanol–water partition coefficient (Wildman–Crippen LogP) is 5.27. The van der Waals surface area contributed by atoms with Crippen LogP contribution in [0, 0.1) is 6.92 Å². The molecule has 1 aliphatic heterocycles. The number of carbonyl (C=O) groups is 1. The average Bonchev–Trinajstić information content (AvgIpc) is 2.87. The molecule has 26 heavy (non-hydrogen) atoms. The highest BCUT2D eigenvalue weighted by atomic mass is 79.9. The van der Waals surface area contributed by atoms with Crippen molar-refractivity contribution in [3.63, 3.8) is 0 Å². The molecule has 0 aliphatic carbocycles. The number of phenols is 1. The minimum atomic E-state index is -0.160. The van der Waals surface area contributed by atoms with Gasteiger partial charge in [-0.3, -0.25) is 9.69 Å². The van der Waals surface area contributed by atoms with Gasteiger partial charge in [0.05, 0.1) is 17.2 Å². The Morgan fingerprint density at radius 1 is 1.35 bits per heavy atom. The molecule has 1 amide bonds. The molecular formula is C19H16BrNO3S2. The summed E-state index contributed by atoms with van der Waals surface area (Å²) in [6.45, 7) is 4.22. The monoisotopic (exact) mass is 449 g/mol. The van der Waals surface area contributed by atoms with E-state index in [0.29, 0.717) is 26.1 Å². The van der Waals surface area contributed by atoms with Gasteiger partial charge in [-0.05, 0) is 49.2 Å². The van der Waals surface area contributed by atoms with Crippen LogP contribution in [0.1, 0.15) is 18.1 Å². The number of amides is 1. The molecule has 0 spiro atoms. The van der Waals surface area contributed by atoms with Gasteiger partial charge in [0.25, 0.3) is 5.91 Å². The Balaban J connectivity index is 1.99. The Morgan fingerprint density at radius 2 is 2.08 bits per heavy atom. The fourth-order valence-corrected chi connectivity index (χ4v) is 4.29. The molecule has 1 N–H and O–H groups in total. The molecule has 0 radical (unpaired) electrons. The first-order valence-corrected chi connectivity index (χ1v) is 9.93. The molecule has 0 aromatic heterocycles. The van der Waals surface area contributed by atoms with Crippen LogP contribution in [-0.4, -0.2) is 21.9 Å². The average molecular weight is 450 g/mol. The number of halogens is 1. The Kier molecular flexibility index (Phi) is 5.70. The summed E-state index contributed by atoms with van der Waals surface area (Å²) in [7, 11) is 0. The quantitative estimate of drug-likeness (QED) is 0.508. The zero-order valence-corrected chi connectivity index (χ0v) is 17.4. The van der Waals surface area contributed by atoms with Gasteiger partial charge in [-0.15, -0.1) is 0 Å². The summed E-state index contributed by atoms with van der Waals surface area (Å²) in [6, 6.07) is 10.9. The van der Waals surface area contributed by atoms with Crippen molar-refractivity contribution in [3.8, 4) is 11.5 Å². The number of thioether (sulfide) groups is 1. The number of aromatic hydroxyl groups is 1. The molecule has 0 bridgehead atoms. The standard InChI is InChI=1S/C19H16BrNO3S2/c1-3-24-16-8-12(13(20)10-15(16)22)9-17-18(23)21(19(25)26-17)14-7-5-4-6-11(14)2/h4-10,22H,3H2,1-2H3/b17-9+. The molecule has 1 heterocycles. The largest absolute Gasteiger partial charge is 0.504 e. The molecule has 0 atom stereocenters. The lowest BCUT2D eigenvalue weighted by Crippen LogP contribution is -2.28. The second-order valence-corrected chi connectivity index (χ2v) is 8.11. The van der Waals surface area contributed by atoms with Crippen LogP contribution in [-0.2, 0) is 4.79 Å². The summed E-state index contributed by atoms with van der Waals surface area (Å²) < 4.78 is 6.59. The number of benzene rings is 2. The van der Waals surface area contributed by atoms with Crippen molar-refractivity contribution in [3.05, 3.63) is 56.9 Å². The van der Waals surface area contributed by atoms with Gasteiger partial charge < -0.3 is 9.84 Å². The Hall–Kier alpha value is -1.83. The number of para-hydroxylation sites is 1. The van der Waals surface area contributed by atoms with Gasteiger partial charge >= 0.3 is 0 Å². The zero-order valence-electron chi connectivity index (χ0n) is 14.2. The van der Waals surface area contributed by atoms with Gasteiger partial charge in [0.15, 0.2) is 15.8 Å². The number of ether oxygens (including phenoxy) is 1. The Bertz CT molecular complexity index is 927. The lowest BCUT2D eigenvalue weighted by Gasteiger charge is -2.16. The van der Waals surface area contributed by atoms with Crippen molar-refractivity contribution in [2.45, 2.75) is 13.8 Å². The molecule has 7 heteroatoms. The van der Waals surface area contributed by atoms with E-state index in [9.17, 15) is 9.90 Å². The van der Waals surface area contributed by atoms with Gasteiger partial charge in [0.1, 0.15) is 0 Å². The molecular weight excluding hydrogens is 434 g/mol. The smallest absolute Gasteiger partial charge is 0.270 e. The summed E-state index contributed by atoms with van der Waals surface area (Å²) >= 11 is 10.1. The van der Waals surface area contributed by atoms with Gasteiger partial charge in [0.2, 0.25) is 0 Å². The summed E-state index contributed by atoms with van der Waals surface area (Å²) in [5.74, 6) is 0.256. The van der Waals surface area contributed by atoms with Crippen LogP contribution >= 0.6 is 39.9 Å². The molecule has 1 aliphatic rings. The third-order valence-electron chi connectivity index (χ3n) is 3.81. The highest BCUT2D eigenvalue weighted by Gasteiger charge is 2.34. The fourth-order valence-electron chi connectivity index (χ4n) is 2.57. The number of aryl methyl sites for hydroxylation is 1. The van der Waals surface area contributed by atoms with Crippen molar-refractivity contribution < 1.29 is 14.6 Å². The van der Waals surface area contributed by atoms with Crippen LogP contribution in [0.4, 0.5) is 5.69 Å². The highest BCUT2D eigenvalue weighted by molar-refractivity contribution is 9.10. The van der Waals surface area contributed by atoms with Gasteiger partial charge in [0, 0.05) is 4.47 Å². The van der Waals surface area contributed by atoms with Crippen LogP contribution in [0.3, 0.4) is 0 Å². The molecule has 0 saturated carbocycles. The van der Waals surface area contributed by atoms with E-state index in [-0.39, 0.29) is 11.7 Å². The summed E-state index contributed by atoms with van der Waals surface area (Å²) in [5.41, 5.74) is 2.50. The maximum atomic E-state index is 12.9. The number of carbonyl (C=O) groups excluding carboxylic acids is 1. The Morgan fingerprint density at radius 3 is 2.77 bits per heavy atom. The van der Waals surface area contributed by atoms with Crippen LogP contribution in [0.2, 0.25) is 0 Å². The summed E-state index contributed by atoms with van der Waals surface area (Å²) in [4.78, 5) is 15.0. The molecule has 3 rings (SSSR count). The van der Waals surface area contributed by atoms with Crippen LogP contribution in [0.5, 0.6) is 11.5 Å². The van der Waals surface area contributed by atoms with Crippen LogP contribution < -0.4 is 9.64 Å². The van der Waals surface area contributed by atoms with E-state index in [1.807, 2.05) is 38.1 Å². The van der Waals surface area contributed by atoms with E-state index in [2.05, 4.69) is 15.9 Å². The molecule has 0 unspecified atom stereocenters. The van der Waals surface area contributed by atoms with Crippen molar-refractivity contribution >= 4 is 61.9 Å². The number of hydrogen-bond donors (Lipinski definition) is 1. The third kappa shape index (κ3) is 3.65. The number of nitrogens with zero attached hydrogens (tertiary/aromatic N) is 1. The Labute approximate surface area is 170 Å². The van der Waals surface area contributed by atoms with Crippen molar-refractivity contribution in [2.24, 2.45) is 0 Å². The number of hydrogen-bond acceptors (Lipinski definition) is 5. The topological polar surface area (TPSA) is 49.8 Å². The van der Waals surface area contributed by atoms with Gasteiger partial charge in [-0.1, -0.05) is 58.1 Å². The van der Waals surface area contributed by atoms with E-state index in [1.54, 1.807) is 23.1 Å². The maximum absolute atomic E-state index is 12.9. The first-order valence-electron chi connectivity index (χ1n) is 7.91. The predicted molar refractivity (Wildman–Crippen MR) is 114 cm³/mol.